The molecule has 0 aliphatic rings. The zero-order valence-corrected chi connectivity index (χ0v) is 20.8. The Morgan fingerprint density at radius 3 is 2.54 bits per heavy atom. The molecule has 1 aromatic carbocycles. The van der Waals surface area contributed by atoms with Crippen molar-refractivity contribution in [3.63, 3.8) is 0 Å². The van der Waals surface area contributed by atoms with Gasteiger partial charge in [-0.1, -0.05) is 49.3 Å². The third kappa shape index (κ3) is 8.16. The van der Waals surface area contributed by atoms with Crippen molar-refractivity contribution in [1.29, 1.82) is 0 Å². The monoisotopic (exact) mass is 536 g/mol. The lowest BCUT2D eigenvalue weighted by Gasteiger charge is -2.13. The lowest BCUT2D eigenvalue weighted by molar-refractivity contribution is 0.477. The summed E-state index contributed by atoms with van der Waals surface area (Å²) in [5.74, 6) is 2.41. The Kier molecular flexibility index (Phi) is 11.9. The second kappa shape index (κ2) is 13.3. The van der Waals surface area contributed by atoms with Gasteiger partial charge in [-0.15, -0.1) is 34.2 Å². The van der Waals surface area contributed by atoms with E-state index in [0.29, 0.717) is 12.5 Å². The molecule has 0 atom stereocenters. The maximum absolute atomic E-state index is 5.92. The molecule has 0 fully saturated rings. The van der Waals surface area contributed by atoms with Crippen LogP contribution in [0.1, 0.15) is 31.7 Å². The van der Waals surface area contributed by atoms with Gasteiger partial charge in [0.15, 0.2) is 11.1 Å². The third-order valence-corrected chi connectivity index (χ3v) is 4.91. The molecule has 2 rings (SSSR count). The molecule has 0 aliphatic heterocycles. The van der Waals surface area contributed by atoms with Crippen molar-refractivity contribution in [2.45, 2.75) is 44.9 Å². The molecule has 0 saturated carbocycles. The SMILES string of the molecule is CN=C(NCCCc1nnc(SC)n1CC(C)C)NCc1ccc(Cl)cc1.I. The molecule has 28 heavy (non-hydrogen) atoms. The molecule has 2 aromatic rings. The molecule has 6 nitrogen and oxygen atoms in total. The fourth-order valence-corrected chi connectivity index (χ4v) is 3.31. The van der Waals surface area contributed by atoms with Crippen LogP contribution >= 0.6 is 47.3 Å². The Balaban J connectivity index is 0.00000392. The van der Waals surface area contributed by atoms with Crippen LogP contribution in [0, 0.1) is 5.92 Å². The van der Waals surface area contributed by atoms with Crippen LogP contribution in [0.3, 0.4) is 0 Å². The van der Waals surface area contributed by atoms with E-state index in [-0.39, 0.29) is 24.0 Å². The van der Waals surface area contributed by atoms with Gasteiger partial charge >= 0.3 is 0 Å². The normalized spacial score (nSPS) is 11.4. The number of nitrogens with zero attached hydrogens (tertiary/aromatic N) is 4. The van der Waals surface area contributed by atoms with Crippen LogP contribution in [0.25, 0.3) is 0 Å². The van der Waals surface area contributed by atoms with Gasteiger partial charge in [0, 0.05) is 38.1 Å². The minimum Gasteiger partial charge on any atom is -0.356 e. The zero-order valence-electron chi connectivity index (χ0n) is 16.9. The lowest BCUT2D eigenvalue weighted by Crippen LogP contribution is -2.37. The van der Waals surface area contributed by atoms with Crippen molar-refractivity contribution >= 4 is 53.3 Å². The molecule has 1 heterocycles. The highest BCUT2D eigenvalue weighted by Crippen LogP contribution is 2.16. The molecule has 2 N–H and O–H groups in total. The van der Waals surface area contributed by atoms with E-state index >= 15 is 0 Å². The predicted molar refractivity (Wildman–Crippen MR) is 130 cm³/mol. The van der Waals surface area contributed by atoms with Gasteiger partial charge < -0.3 is 15.2 Å². The van der Waals surface area contributed by atoms with Gasteiger partial charge in [0.05, 0.1) is 0 Å². The second-order valence-corrected chi connectivity index (χ2v) is 7.90. The molecular formula is C19H30ClIN6S. The maximum Gasteiger partial charge on any atom is 0.191 e. The van der Waals surface area contributed by atoms with Gasteiger partial charge in [0.2, 0.25) is 0 Å². The molecule has 0 amide bonds. The Hall–Kier alpha value is -1.000. The van der Waals surface area contributed by atoms with Gasteiger partial charge in [-0.3, -0.25) is 4.99 Å². The first kappa shape index (κ1) is 25.0. The summed E-state index contributed by atoms with van der Waals surface area (Å²) in [6, 6.07) is 7.80. The van der Waals surface area contributed by atoms with Crippen LogP contribution in [0.4, 0.5) is 0 Å². The van der Waals surface area contributed by atoms with E-state index in [1.807, 2.05) is 30.5 Å². The molecule has 0 spiro atoms. The zero-order chi connectivity index (χ0) is 19.6. The second-order valence-electron chi connectivity index (χ2n) is 6.69. The van der Waals surface area contributed by atoms with E-state index in [0.717, 1.165) is 53.5 Å². The summed E-state index contributed by atoms with van der Waals surface area (Å²) in [6.45, 7) is 6.91. The summed E-state index contributed by atoms with van der Waals surface area (Å²) >= 11 is 7.56. The number of hydrogen-bond acceptors (Lipinski definition) is 4. The number of aromatic nitrogens is 3. The average Bonchev–Trinajstić information content (AvgIpc) is 3.03. The highest BCUT2D eigenvalue weighted by atomic mass is 127. The quantitative estimate of drug-likeness (QED) is 0.165. The van der Waals surface area contributed by atoms with E-state index in [1.54, 1.807) is 18.8 Å². The Morgan fingerprint density at radius 1 is 1.21 bits per heavy atom. The van der Waals surface area contributed by atoms with Crippen molar-refractivity contribution in [2.24, 2.45) is 10.9 Å². The van der Waals surface area contributed by atoms with Crippen LogP contribution in [-0.2, 0) is 19.5 Å². The highest BCUT2D eigenvalue weighted by molar-refractivity contribution is 14.0. The fourth-order valence-electron chi connectivity index (χ4n) is 2.67. The van der Waals surface area contributed by atoms with Crippen molar-refractivity contribution in [2.75, 3.05) is 19.8 Å². The molecule has 1 aromatic heterocycles. The Labute approximate surface area is 194 Å². The van der Waals surface area contributed by atoms with E-state index in [1.165, 1.54) is 0 Å². The average molecular weight is 537 g/mol. The van der Waals surface area contributed by atoms with Crippen LogP contribution in [0.5, 0.6) is 0 Å². The molecular weight excluding hydrogens is 507 g/mol. The summed E-state index contributed by atoms with van der Waals surface area (Å²) in [5, 5.41) is 17.1. The molecule has 0 aliphatic carbocycles. The predicted octanol–water partition coefficient (Wildman–Crippen LogP) is 4.23. The molecule has 0 radical (unpaired) electrons. The van der Waals surface area contributed by atoms with Gasteiger partial charge in [-0.2, -0.15) is 0 Å². The van der Waals surface area contributed by atoms with E-state index in [9.17, 15) is 0 Å². The van der Waals surface area contributed by atoms with Gasteiger partial charge in [0.25, 0.3) is 0 Å². The van der Waals surface area contributed by atoms with Crippen molar-refractivity contribution in [3.8, 4) is 0 Å². The van der Waals surface area contributed by atoms with E-state index in [2.05, 4.69) is 44.2 Å². The molecule has 0 bridgehead atoms. The van der Waals surface area contributed by atoms with Crippen LogP contribution < -0.4 is 10.6 Å². The standard InChI is InChI=1S/C19H29ClN6S.HI/c1-14(2)13-26-17(24-25-19(26)27-4)6-5-11-22-18(21-3)23-12-15-7-9-16(20)10-8-15;/h7-10,14H,5-6,11-13H2,1-4H3,(H2,21,22,23);1H. The van der Waals surface area contributed by atoms with Crippen molar-refractivity contribution in [1.82, 2.24) is 25.4 Å². The van der Waals surface area contributed by atoms with Crippen molar-refractivity contribution in [3.05, 3.63) is 40.7 Å². The first-order valence-corrected chi connectivity index (χ1v) is 10.8. The summed E-state index contributed by atoms with van der Waals surface area (Å²) in [6.07, 6.45) is 3.90. The van der Waals surface area contributed by atoms with Gasteiger partial charge in [-0.25, -0.2) is 0 Å². The minimum absolute atomic E-state index is 0. The van der Waals surface area contributed by atoms with Crippen LogP contribution in [-0.4, -0.2) is 40.6 Å². The maximum atomic E-state index is 5.92. The number of aliphatic imine (C=N–C) groups is 1. The number of aryl methyl sites for hydroxylation is 1. The summed E-state index contributed by atoms with van der Waals surface area (Å²) in [5.41, 5.74) is 1.16. The molecule has 156 valence electrons. The number of nitrogens with one attached hydrogen (secondary N) is 2. The smallest absolute Gasteiger partial charge is 0.191 e. The van der Waals surface area contributed by atoms with Crippen LogP contribution in [0.2, 0.25) is 5.02 Å². The summed E-state index contributed by atoms with van der Waals surface area (Å²) in [4.78, 5) is 4.27. The number of halogens is 2. The van der Waals surface area contributed by atoms with Gasteiger partial charge in [-0.05, 0) is 36.3 Å². The molecule has 0 unspecified atom stereocenters. The molecule has 9 heteroatoms. The van der Waals surface area contributed by atoms with E-state index < -0.39 is 0 Å². The largest absolute Gasteiger partial charge is 0.356 e. The Bertz CT molecular complexity index is 733. The minimum atomic E-state index is 0. The number of benzene rings is 1. The first-order chi connectivity index (χ1) is 13.0. The van der Waals surface area contributed by atoms with E-state index in [4.69, 9.17) is 11.6 Å². The van der Waals surface area contributed by atoms with Crippen LogP contribution in [0.15, 0.2) is 34.4 Å². The Morgan fingerprint density at radius 2 is 1.93 bits per heavy atom. The number of thioether (sulfide) groups is 1. The first-order valence-electron chi connectivity index (χ1n) is 9.18. The number of rotatable bonds is 9. The summed E-state index contributed by atoms with van der Waals surface area (Å²) in [7, 11) is 1.78. The topological polar surface area (TPSA) is 67.1 Å². The summed E-state index contributed by atoms with van der Waals surface area (Å²) < 4.78 is 2.24. The lowest BCUT2D eigenvalue weighted by atomic mass is 10.2. The highest BCUT2D eigenvalue weighted by Gasteiger charge is 2.12. The fraction of sp³-hybridized carbons (Fsp3) is 0.526. The number of hydrogen-bond donors (Lipinski definition) is 2. The molecule has 0 saturated heterocycles. The third-order valence-electron chi connectivity index (χ3n) is 3.99. The number of guanidine groups is 1. The van der Waals surface area contributed by atoms with Gasteiger partial charge in [0.1, 0.15) is 5.82 Å². The van der Waals surface area contributed by atoms with Crippen molar-refractivity contribution < 1.29 is 0 Å².